The molecule has 0 saturated carbocycles. The minimum atomic E-state index is -2.78. The Morgan fingerprint density at radius 2 is 1.85 bits per heavy atom. The average Bonchev–Trinajstić information content (AvgIpc) is 2.67. The number of rotatable bonds is 3. The predicted octanol–water partition coefficient (Wildman–Crippen LogP) is 1.37. The lowest BCUT2D eigenvalue weighted by Crippen LogP contribution is -2.48. The molecule has 3 aromatic rings. The number of anilines is 2. The Labute approximate surface area is 146 Å². The summed E-state index contributed by atoms with van der Waals surface area (Å²) in [4.78, 5) is 34.6. The number of hydrogen-bond acceptors (Lipinski definition) is 7. The summed E-state index contributed by atoms with van der Waals surface area (Å²) in [7, 11) is 0. The highest BCUT2D eigenvalue weighted by molar-refractivity contribution is 5.86. The second-order valence-electron chi connectivity index (χ2n) is 5.84. The molecule has 1 N–H and O–H groups in total. The van der Waals surface area contributed by atoms with E-state index < -0.39 is 17.7 Å². The second kappa shape index (κ2) is 6.62. The van der Waals surface area contributed by atoms with Crippen LogP contribution in [0.1, 0.15) is 12.1 Å². The summed E-state index contributed by atoms with van der Waals surface area (Å²) in [5.74, 6) is 0.951. The van der Waals surface area contributed by atoms with Gasteiger partial charge in [-0.15, -0.1) is 0 Å². The molecule has 10 heteroatoms. The summed E-state index contributed by atoms with van der Waals surface area (Å²) in [6, 6.07) is 4.57. The molecule has 26 heavy (non-hydrogen) atoms. The van der Waals surface area contributed by atoms with E-state index in [2.05, 4.69) is 29.8 Å². The number of aromatic nitrogens is 5. The Morgan fingerprint density at radius 3 is 2.62 bits per heavy atom. The summed E-state index contributed by atoms with van der Waals surface area (Å²) in [6.07, 6.45) is 0.370. The summed E-state index contributed by atoms with van der Waals surface area (Å²) in [5.41, 5.74) is -0.477. The van der Waals surface area contributed by atoms with Crippen LogP contribution in [0.2, 0.25) is 0 Å². The molecule has 4 heterocycles. The molecule has 1 aliphatic rings. The molecule has 134 valence electrons. The molecule has 1 saturated heterocycles. The van der Waals surface area contributed by atoms with E-state index in [4.69, 9.17) is 0 Å². The Balaban J connectivity index is 1.55. The van der Waals surface area contributed by atoms with Crippen LogP contribution in [0.3, 0.4) is 0 Å². The summed E-state index contributed by atoms with van der Waals surface area (Å²) >= 11 is 0. The lowest BCUT2D eigenvalue weighted by molar-refractivity contribution is 0.146. The smallest absolute Gasteiger partial charge is 0.280 e. The third-order valence-corrected chi connectivity index (χ3v) is 4.24. The van der Waals surface area contributed by atoms with Crippen molar-refractivity contribution < 1.29 is 8.78 Å². The maximum absolute atomic E-state index is 12.9. The second-order valence-corrected chi connectivity index (χ2v) is 5.84. The highest BCUT2D eigenvalue weighted by Crippen LogP contribution is 2.23. The third-order valence-electron chi connectivity index (χ3n) is 4.24. The fraction of sp³-hybridized carbons (Fsp3) is 0.312. The Morgan fingerprint density at radius 1 is 1.08 bits per heavy atom. The number of pyridine rings is 1. The van der Waals surface area contributed by atoms with Crippen LogP contribution in [0.4, 0.5) is 20.5 Å². The molecule has 4 rings (SSSR count). The highest BCUT2D eigenvalue weighted by atomic mass is 19.3. The summed E-state index contributed by atoms with van der Waals surface area (Å²) < 4.78 is 25.7. The quantitative estimate of drug-likeness (QED) is 0.755. The number of halogens is 2. The Hall–Kier alpha value is -3.17. The minimum absolute atomic E-state index is 0.168. The van der Waals surface area contributed by atoms with Gasteiger partial charge in [-0.1, -0.05) is 0 Å². The summed E-state index contributed by atoms with van der Waals surface area (Å²) in [6.45, 7) is 2.23. The highest BCUT2D eigenvalue weighted by Gasteiger charge is 2.22. The van der Waals surface area contributed by atoms with Gasteiger partial charge in [0.05, 0.1) is 5.39 Å². The minimum Gasteiger partial charge on any atom is -0.352 e. The SMILES string of the molecule is O=c1cc(C(F)F)nc(N2CCN(c3ncnc4ncccc34)CC2)[nH]1. The van der Waals surface area contributed by atoms with Crippen LogP contribution >= 0.6 is 0 Å². The van der Waals surface area contributed by atoms with Crippen molar-refractivity contribution in [3.05, 3.63) is 46.8 Å². The molecular weight excluding hydrogens is 344 g/mol. The fourth-order valence-corrected chi connectivity index (χ4v) is 2.99. The van der Waals surface area contributed by atoms with Gasteiger partial charge in [0.2, 0.25) is 5.95 Å². The normalized spacial score (nSPS) is 15.0. The first kappa shape index (κ1) is 16.3. The standard InChI is InChI=1S/C16H15F2N7O/c17-13(18)11-8-12(26)23-16(22-11)25-6-4-24(5-7-25)15-10-2-1-3-19-14(10)20-9-21-15/h1-3,8-9,13H,4-7H2,(H,22,23,26). The van der Waals surface area contributed by atoms with E-state index >= 15 is 0 Å². The van der Waals surface area contributed by atoms with E-state index in [1.807, 2.05) is 12.1 Å². The number of fused-ring (bicyclic) bond motifs is 1. The van der Waals surface area contributed by atoms with Gasteiger partial charge in [-0.05, 0) is 12.1 Å². The number of aromatic amines is 1. The molecule has 0 bridgehead atoms. The largest absolute Gasteiger partial charge is 0.352 e. The van der Waals surface area contributed by atoms with Gasteiger partial charge in [0.1, 0.15) is 17.8 Å². The van der Waals surface area contributed by atoms with Crippen molar-refractivity contribution in [2.24, 2.45) is 0 Å². The van der Waals surface area contributed by atoms with Crippen molar-refractivity contribution in [1.82, 2.24) is 24.9 Å². The van der Waals surface area contributed by atoms with Crippen molar-refractivity contribution in [3.8, 4) is 0 Å². The van der Waals surface area contributed by atoms with E-state index in [1.165, 1.54) is 6.33 Å². The predicted molar refractivity (Wildman–Crippen MR) is 91.6 cm³/mol. The molecule has 0 aromatic carbocycles. The first-order chi connectivity index (χ1) is 12.6. The van der Waals surface area contributed by atoms with E-state index in [9.17, 15) is 13.6 Å². The number of hydrogen-bond donors (Lipinski definition) is 1. The van der Waals surface area contributed by atoms with E-state index in [0.717, 1.165) is 17.3 Å². The van der Waals surface area contributed by atoms with Crippen molar-refractivity contribution in [1.29, 1.82) is 0 Å². The molecule has 8 nitrogen and oxygen atoms in total. The molecule has 0 radical (unpaired) electrons. The van der Waals surface area contributed by atoms with Crippen LogP contribution in [-0.4, -0.2) is 51.1 Å². The number of piperazine rings is 1. The first-order valence-electron chi connectivity index (χ1n) is 8.07. The topological polar surface area (TPSA) is 90.9 Å². The molecule has 3 aromatic heterocycles. The van der Waals surface area contributed by atoms with Gasteiger partial charge in [-0.25, -0.2) is 28.7 Å². The molecule has 1 aliphatic heterocycles. The molecular formula is C16H15F2N7O. The number of nitrogens with zero attached hydrogens (tertiary/aromatic N) is 6. The van der Waals surface area contributed by atoms with E-state index in [0.29, 0.717) is 31.8 Å². The zero-order chi connectivity index (χ0) is 18.1. The van der Waals surface area contributed by atoms with Gasteiger partial charge >= 0.3 is 0 Å². The lowest BCUT2D eigenvalue weighted by atomic mass is 10.2. The van der Waals surface area contributed by atoms with Gasteiger partial charge in [0.15, 0.2) is 5.65 Å². The average molecular weight is 359 g/mol. The molecule has 0 atom stereocenters. The number of H-pyrrole nitrogens is 1. The fourth-order valence-electron chi connectivity index (χ4n) is 2.99. The van der Waals surface area contributed by atoms with Gasteiger partial charge in [0.25, 0.3) is 12.0 Å². The number of nitrogens with one attached hydrogen (secondary N) is 1. The van der Waals surface area contributed by atoms with Crippen molar-refractivity contribution in [2.45, 2.75) is 6.43 Å². The molecule has 1 fully saturated rings. The zero-order valence-corrected chi connectivity index (χ0v) is 13.6. The van der Waals surface area contributed by atoms with Gasteiger partial charge in [-0.3, -0.25) is 9.78 Å². The van der Waals surface area contributed by atoms with Crippen molar-refractivity contribution >= 4 is 22.8 Å². The van der Waals surface area contributed by atoms with Crippen LogP contribution in [0.5, 0.6) is 0 Å². The van der Waals surface area contributed by atoms with E-state index in [-0.39, 0.29) is 5.95 Å². The van der Waals surface area contributed by atoms with Crippen LogP contribution in [-0.2, 0) is 0 Å². The number of alkyl halides is 2. The van der Waals surface area contributed by atoms with Gasteiger partial charge in [-0.2, -0.15) is 0 Å². The third kappa shape index (κ3) is 3.05. The van der Waals surface area contributed by atoms with Crippen LogP contribution in [0.15, 0.2) is 35.5 Å². The van der Waals surface area contributed by atoms with Crippen molar-refractivity contribution in [2.75, 3.05) is 36.0 Å². The lowest BCUT2D eigenvalue weighted by Gasteiger charge is -2.35. The molecule has 0 spiro atoms. The Bertz CT molecular complexity index is 980. The molecule has 0 aliphatic carbocycles. The first-order valence-corrected chi connectivity index (χ1v) is 8.07. The maximum Gasteiger partial charge on any atom is 0.280 e. The Kier molecular flexibility index (Phi) is 4.15. The van der Waals surface area contributed by atoms with Crippen LogP contribution in [0.25, 0.3) is 11.0 Å². The van der Waals surface area contributed by atoms with Gasteiger partial charge in [0, 0.05) is 38.4 Å². The summed E-state index contributed by atoms with van der Waals surface area (Å²) in [5, 5.41) is 0.856. The van der Waals surface area contributed by atoms with Crippen molar-refractivity contribution in [3.63, 3.8) is 0 Å². The molecule has 0 unspecified atom stereocenters. The van der Waals surface area contributed by atoms with Gasteiger partial charge < -0.3 is 9.80 Å². The molecule has 0 amide bonds. The maximum atomic E-state index is 12.9. The van der Waals surface area contributed by atoms with E-state index in [1.54, 1.807) is 11.1 Å². The van der Waals surface area contributed by atoms with Crippen LogP contribution < -0.4 is 15.4 Å². The van der Waals surface area contributed by atoms with Crippen LogP contribution in [0, 0.1) is 0 Å². The monoisotopic (exact) mass is 359 g/mol. The zero-order valence-electron chi connectivity index (χ0n) is 13.6.